The van der Waals surface area contributed by atoms with Crippen LogP contribution in [0.4, 0.5) is 0 Å². The summed E-state index contributed by atoms with van der Waals surface area (Å²) in [6, 6.07) is 0. The molecule has 0 aliphatic carbocycles. The van der Waals surface area contributed by atoms with E-state index in [-0.39, 0.29) is 11.1 Å². The zero-order valence-electron chi connectivity index (χ0n) is 12.5. The van der Waals surface area contributed by atoms with Gasteiger partial charge in [0.1, 0.15) is 5.60 Å². The van der Waals surface area contributed by atoms with Gasteiger partial charge in [-0.1, -0.05) is 5.16 Å². The summed E-state index contributed by atoms with van der Waals surface area (Å²) in [4.78, 5) is 4.48. The second kappa shape index (κ2) is 5.59. The summed E-state index contributed by atoms with van der Waals surface area (Å²) in [6.07, 6.45) is 3.99. The van der Waals surface area contributed by atoms with Crippen molar-refractivity contribution >= 4 is 0 Å². The maximum atomic E-state index is 5.82. The van der Waals surface area contributed by atoms with Crippen LogP contribution in [-0.4, -0.2) is 28.8 Å². The largest absolute Gasteiger partial charge is 0.367 e. The molecule has 2 heterocycles. The molecule has 1 N–H and O–H groups in total. The van der Waals surface area contributed by atoms with Gasteiger partial charge in [-0.05, 0) is 47.0 Å². The molecule has 0 radical (unpaired) electrons. The van der Waals surface area contributed by atoms with Gasteiger partial charge in [0.25, 0.3) is 0 Å². The van der Waals surface area contributed by atoms with Crippen molar-refractivity contribution in [2.24, 2.45) is 0 Å². The fraction of sp³-hybridized carbons (Fsp3) is 0.857. The second-order valence-corrected chi connectivity index (χ2v) is 6.47. The highest BCUT2D eigenvalue weighted by molar-refractivity contribution is 5.01. The van der Waals surface area contributed by atoms with Gasteiger partial charge in [-0.3, -0.25) is 0 Å². The van der Waals surface area contributed by atoms with Crippen LogP contribution >= 0.6 is 0 Å². The summed E-state index contributed by atoms with van der Waals surface area (Å²) >= 11 is 0. The topological polar surface area (TPSA) is 60.2 Å². The highest BCUT2D eigenvalue weighted by Crippen LogP contribution is 2.32. The van der Waals surface area contributed by atoms with Crippen molar-refractivity contribution in [1.82, 2.24) is 15.5 Å². The van der Waals surface area contributed by atoms with Gasteiger partial charge in [-0.15, -0.1) is 0 Å². The lowest BCUT2D eigenvalue weighted by molar-refractivity contribution is -0.0770. The van der Waals surface area contributed by atoms with Crippen LogP contribution in [0.1, 0.15) is 58.7 Å². The SMILES string of the molecule is CC(C)(C)NCCc1nc(C2(C)CCCCO2)no1. The average Bonchev–Trinajstić information content (AvgIpc) is 2.78. The zero-order chi connectivity index (χ0) is 13.9. The van der Waals surface area contributed by atoms with E-state index in [0.717, 1.165) is 38.8 Å². The molecule has 0 saturated carbocycles. The van der Waals surface area contributed by atoms with Crippen LogP contribution in [-0.2, 0) is 16.8 Å². The van der Waals surface area contributed by atoms with Crippen LogP contribution in [0.2, 0.25) is 0 Å². The lowest BCUT2D eigenvalue weighted by Gasteiger charge is -2.30. The molecule has 1 atom stereocenters. The molecule has 0 amide bonds. The molecule has 1 aromatic heterocycles. The van der Waals surface area contributed by atoms with Crippen LogP contribution in [0.15, 0.2) is 4.52 Å². The Labute approximate surface area is 115 Å². The molecule has 0 bridgehead atoms. The van der Waals surface area contributed by atoms with Gasteiger partial charge < -0.3 is 14.6 Å². The fourth-order valence-corrected chi connectivity index (χ4v) is 2.23. The van der Waals surface area contributed by atoms with Crippen LogP contribution < -0.4 is 5.32 Å². The summed E-state index contributed by atoms with van der Waals surface area (Å²) in [5, 5.41) is 7.50. The standard InChI is InChI=1S/C14H25N3O2/c1-13(2,3)15-9-7-11-16-12(17-19-11)14(4)8-5-6-10-18-14/h15H,5-10H2,1-4H3. The Bertz CT molecular complexity index is 403. The van der Waals surface area contributed by atoms with E-state index in [1.165, 1.54) is 0 Å². The van der Waals surface area contributed by atoms with E-state index in [1.807, 2.05) is 6.92 Å². The first-order valence-corrected chi connectivity index (χ1v) is 7.11. The Balaban J connectivity index is 1.91. The number of hydrogen-bond donors (Lipinski definition) is 1. The number of nitrogens with one attached hydrogen (secondary N) is 1. The third kappa shape index (κ3) is 4.01. The summed E-state index contributed by atoms with van der Waals surface area (Å²) in [5.74, 6) is 1.38. The van der Waals surface area contributed by atoms with Crippen molar-refractivity contribution in [1.29, 1.82) is 0 Å². The highest BCUT2D eigenvalue weighted by atomic mass is 16.5. The Hall–Kier alpha value is -0.940. The summed E-state index contributed by atoms with van der Waals surface area (Å²) in [7, 11) is 0. The predicted molar refractivity (Wildman–Crippen MR) is 72.9 cm³/mol. The Morgan fingerprint density at radius 2 is 2.11 bits per heavy atom. The minimum atomic E-state index is -0.364. The fourth-order valence-electron chi connectivity index (χ4n) is 2.23. The van der Waals surface area contributed by atoms with Crippen LogP contribution in [0.25, 0.3) is 0 Å². The normalized spacial score (nSPS) is 24.6. The summed E-state index contributed by atoms with van der Waals surface area (Å²) < 4.78 is 11.1. The van der Waals surface area contributed by atoms with Crippen molar-refractivity contribution in [3.8, 4) is 0 Å². The number of nitrogens with zero attached hydrogens (tertiary/aromatic N) is 2. The van der Waals surface area contributed by atoms with Gasteiger partial charge in [0.2, 0.25) is 11.7 Å². The second-order valence-electron chi connectivity index (χ2n) is 6.47. The molecule has 1 aromatic rings. The van der Waals surface area contributed by atoms with E-state index < -0.39 is 0 Å². The van der Waals surface area contributed by atoms with Crippen molar-refractivity contribution in [2.45, 2.75) is 64.5 Å². The zero-order valence-corrected chi connectivity index (χ0v) is 12.5. The molecule has 0 aromatic carbocycles. The molecule has 1 aliphatic heterocycles. The molecule has 5 nitrogen and oxygen atoms in total. The number of rotatable bonds is 4. The van der Waals surface area contributed by atoms with Crippen LogP contribution in [0.5, 0.6) is 0 Å². The third-order valence-corrected chi connectivity index (χ3v) is 3.40. The van der Waals surface area contributed by atoms with Gasteiger partial charge in [-0.2, -0.15) is 4.98 Å². The molecular weight excluding hydrogens is 242 g/mol. The van der Waals surface area contributed by atoms with E-state index in [0.29, 0.717) is 11.7 Å². The maximum absolute atomic E-state index is 5.82. The first kappa shape index (κ1) is 14.5. The molecule has 1 fully saturated rings. The van der Waals surface area contributed by atoms with Gasteiger partial charge in [0, 0.05) is 25.1 Å². The molecule has 1 unspecified atom stereocenters. The number of ether oxygens (including phenoxy) is 1. The monoisotopic (exact) mass is 267 g/mol. The Morgan fingerprint density at radius 1 is 1.32 bits per heavy atom. The molecule has 19 heavy (non-hydrogen) atoms. The van der Waals surface area contributed by atoms with Crippen LogP contribution in [0, 0.1) is 0 Å². The number of aromatic nitrogens is 2. The average molecular weight is 267 g/mol. The molecule has 5 heteroatoms. The van der Waals surface area contributed by atoms with Crippen molar-refractivity contribution in [3.63, 3.8) is 0 Å². The molecule has 2 rings (SSSR count). The van der Waals surface area contributed by atoms with E-state index in [9.17, 15) is 0 Å². The Morgan fingerprint density at radius 3 is 2.74 bits per heavy atom. The van der Waals surface area contributed by atoms with E-state index in [4.69, 9.17) is 9.26 Å². The number of hydrogen-bond acceptors (Lipinski definition) is 5. The van der Waals surface area contributed by atoms with E-state index >= 15 is 0 Å². The minimum absolute atomic E-state index is 0.112. The van der Waals surface area contributed by atoms with Gasteiger partial charge in [-0.25, -0.2) is 0 Å². The first-order chi connectivity index (χ1) is 8.89. The van der Waals surface area contributed by atoms with Gasteiger partial charge >= 0.3 is 0 Å². The van der Waals surface area contributed by atoms with Crippen LogP contribution in [0.3, 0.4) is 0 Å². The highest BCUT2D eigenvalue weighted by Gasteiger charge is 2.34. The van der Waals surface area contributed by atoms with E-state index in [2.05, 4.69) is 36.2 Å². The molecule has 1 aliphatic rings. The quantitative estimate of drug-likeness (QED) is 0.907. The Kier molecular flexibility index (Phi) is 4.26. The van der Waals surface area contributed by atoms with Crippen molar-refractivity contribution < 1.29 is 9.26 Å². The van der Waals surface area contributed by atoms with Gasteiger partial charge in [0.05, 0.1) is 0 Å². The predicted octanol–water partition coefficient (Wildman–Crippen LogP) is 2.42. The first-order valence-electron chi connectivity index (χ1n) is 7.11. The summed E-state index contributed by atoms with van der Waals surface area (Å²) in [6.45, 7) is 10.1. The molecule has 108 valence electrons. The van der Waals surface area contributed by atoms with Gasteiger partial charge in [0.15, 0.2) is 0 Å². The lowest BCUT2D eigenvalue weighted by atomic mass is 9.95. The van der Waals surface area contributed by atoms with Crippen molar-refractivity contribution in [2.75, 3.05) is 13.2 Å². The summed E-state index contributed by atoms with van der Waals surface area (Å²) in [5.41, 5.74) is -0.251. The minimum Gasteiger partial charge on any atom is -0.367 e. The lowest BCUT2D eigenvalue weighted by Crippen LogP contribution is -2.37. The third-order valence-electron chi connectivity index (χ3n) is 3.40. The smallest absolute Gasteiger partial charge is 0.228 e. The molecule has 0 spiro atoms. The molecular formula is C14H25N3O2. The van der Waals surface area contributed by atoms with E-state index in [1.54, 1.807) is 0 Å². The molecule has 1 saturated heterocycles. The van der Waals surface area contributed by atoms with Crippen molar-refractivity contribution in [3.05, 3.63) is 11.7 Å². The maximum Gasteiger partial charge on any atom is 0.228 e.